The molecule has 3 heteroatoms. The predicted octanol–water partition coefficient (Wildman–Crippen LogP) is 3.41. The summed E-state index contributed by atoms with van der Waals surface area (Å²) in [5.74, 6) is 0.964. The van der Waals surface area contributed by atoms with Crippen LogP contribution in [0.15, 0.2) is 18.2 Å². The van der Waals surface area contributed by atoms with Crippen molar-refractivity contribution in [3.8, 4) is 5.75 Å². The maximum atomic E-state index is 5.32. The van der Waals surface area contributed by atoms with E-state index in [0.717, 1.165) is 12.3 Å². The first-order valence-electron chi connectivity index (χ1n) is 6.51. The van der Waals surface area contributed by atoms with Crippen molar-refractivity contribution < 1.29 is 4.74 Å². The van der Waals surface area contributed by atoms with Gasteiger partial charge in [-0.25, -0.2) is 0 Å². The fraction of sp³-hybridized carbons (Fsp3) is 0.600. The molecular weight excluding hydrogens is 242 g/mol. The molecule has 0 fully saturated rings. The number of benzene rings is 1. The van der Waals surface area contributed by atoms with Crippen LogP contribution in [-0.2, 0) is 6.42 Å². The van der Waals surface area contributed by atoms with Crippen molar-refractivity contribution in [2.45, 2.75) is 37.5 Å². The molecule has 0 saturated heterocycles. The Bertz CT molecular complexity index is 417. The minimum atomic E-state index is 0.293. The Morgan fingerprint density at radius 1 is 1.44 bits per heavy atom. The van der Waals surface area contributed by atoms with Gasteiger partial charge in [0.1, 0.15) is 5.75 Å². The van der Waals surface area contributed by atoms with Gasteiger partial charge in [0.05, 0.1) is 7.11 Å². The Morgan fingerprint density at radius 2 is 2.22 bits per heavy atom. The van der Waals surface area contributed by atoms with Gasteiger partial charge in [0.2, 0.25) is 0 Å². The Morgan fingerprint density at radius 3 is 2.89 bits per heavy atom. The van der Waals surface area contributed by atoms with E-state index in [1.807, 2.05) is 11.8 Å². The molecule has 18 heavy (non-hydrogen) atoms. The van der Waals surface area contributed by atoms with Crippen LogP contribution in [-0.4, -0.2) is 24.7 Å². The van der Waals surface area contributed by atoms with Crippen LogP contribution < -0.4 is 10.1 Å². The Hall–Kier alpha value is -0.670. The maximum absolute atomic E-state index is 5.32. The summed E-state index contributed by atoms with van der Waals surface area (Å²) in [6, 6.07) is 6.94. The molecule has 1 unspecified atom stereocenters. The maximum Gasteiger partial charge on any atom is 0.119 e. The number of hydrogen-bond donors (Lipinski definition) is 1. The highest BCUT2D eigenvalue weighted by Gasteiger charge is 2.25. The number of methoxy groups -OCH3 is 1. The molecule has 2 rings (SSSR count). The first kappa shape index (κ1) is 13.8. The van der Waals surface area contributed by atoms with E-state index in [1.165, 1.54) is 24.0 Å². The summed E-state index contributed by atoms with van der Waals surface area (Å²) in [6.45, 7) is 5.60. The standard InChI is InChI=1S/C15H23NOS/c1-15(2,18-4)10-16-14-8-6-11-5-7-12(17-3)9-13(11)14/h5,7,9,14,16H,6,8,10H2,1-4H3. The van der Waals surface area contributed by atoms with E-state index in [-0.39, 0.29) is 0 Å². The number of thioether (sulfide) groups is 1. The Kier molecular flexibility index (Phi) is 4.23. The second-order valence-electron chi connectivity index (χ2n) is 5.50. The lowest BCUT2D eigenvalue weighted by molar-refractivity contribution is 0.413. The fourth-order valence-electron chi connectivity index (χ4n) is 2.36. The quantitative estimate of drug-likeness (QED) is 0.881. The van der Waals surface area contributed by atoms with Crippen molar-refractivity contribution in [2.24, 2.45) is 0 Å². The predicted molar refractivity (Wildman–Crippen MR) is 79.7 cm³/mol. The van der Waals surface area contributed by atoms with E-state index in [1.54, 1.807) is 7.11 Å². The molecule has 0 heterocycles. The van der Waals surface area contributed by atoms with E-state index in [2.05, 4.69) is 43.6 Å². The molecule has 1 aliphatic rings. The first-order valence-corrected chi connectivity index (χ1v) is 7.73. The minimum absolute atomic E-state index is 0.293. The van der Waals surface area contributed by atoms with Gasteiger partial charge in [0.25, 0.3) is 0 Å². The van der Waals surface area contributed by atoms with Crippen LogP contribution in [0.25, 0.3) is 0 Å². The lowest BCUT2D eigenvalue weighted by Crippen LogP contribution is -2.33. The SMILES string of the molecule is COc1ccc2c(c1)C(NCC(C)(C)SC)CC2. The highest BCUT2D eigenvalue weighted by Crippen LogP contribution is 2.34. The van der Waals surface area contributed by atoms with Crippen molar-refractivity contribution >= 4 is 11.8 Å². The highest BCUT2D eigenvalue weighted by atomic mass is 32.2. The molecule has 100 valence electrons. The smallest absolute Gasteiger partial charge is 0.119 e. The van der Waals surface area contributed by atoms with Crippen molar-refractivity contribution in [1.82, 2.24) is 5.32 Å². The third kappa shape index (κ3) is 3.01. The topological polar surface area (TPSA) is 21.3 Å². The van der Waals surface area contributed by atoms with Crippen molar-refractivity contribution in [2.75, 3.05) is 19.9 Å². The summed E-state index contributed by atoms with van der Waals surface area (Å²) < 4.78 is 5.62. The van der Waals surface area contributed by atoms with Gasteiger partial charge in [0.15, 0.2) is 0 Å². The van der Waals surface area contributed by atoms with Gasteiger partial charge in [-0.15, -0.1) is 0 Å². The molecule has 1 aliphatic carbocycles. The Labute approximate surface area is 114 Å². The summed E-state index contributed by atoms with van der Waals surface area (Å²) in [6.07, 6.45) is 4.55. The lowest BCUT2D eigenvalue weighted by Gasteiger charge is -2.25. The van der Waals surface area contributed by atoms with Crippen LogP contribution in [0, 0.1) is 0 Å². The van der Waals surface area contributed by atoms with E-state index >= 15 is 0 Å². The molecule has 0 amide bonds. The molecule has 0 radical (unpaired) electrons. The van der Waals surface area contributed by atoms with Crippen LogP contribution >= 0.6 is 11.8 Å². The zero-order valence-electron chi connectivity index (χ0n) is 11.7. The Balaban J connectivity index is 2.06. The normalized spacial score (nSPS) is 18.8. The number of nitrogens with one attached hydrogen (secondary N) is 1. The van der Waals surface area contributed by atoms with Crippen LogP contribution in [0.5, 0.6) is 5.75 Å². The second-order valence-corrected chi connectivity index (χ2v) is 7.01. The second kappa shape index (κ2) is 5.54. The lowest BCUT2D eigenvalue weighted by atomic mass is 10.1. The van der Waals surface area contributed by atoms with E-state index in [0.29, 0.717) is 10.8 Å². The molecule has 1 aromatic rings. The number of hydrogen-bond acceptors (Lipinski definition) is 3. The average Bonchev–Trinajstić information content (AvgIpc) is 2.78. The number of aryl methyl sites for hydroxylation is 1. The van der Waals surface area contributed by atoms with Gasteiger partial charge in [-0.2, -0.15) is 11.8 Å². The third-order valence-corrected chi connectivity index (χ3v) is 5.01. The zero-order chi connectivity index (χ0) is 13.2. The van der Waals surface area contributed by atoms with Crippen molar-refractivity contribution in [3.63, 3.8) is 0 Å². The fourth-order valence-corrected chi connectivity index (χ4v) is 2.59. The van der Waals surface area contributed by atoms with Gasteiger partial charge in [-0.05, 0) is 56.2 Å². The van der Waals surface area contributed by atoms with Crippen molar-refractivity contribution in [1.29, 1.82) is 0 Å². The van der Waals surface area contributed by atoms with Crippen LogP contribution in [0.1, 0.15) is 37.4 Å². The van der Waals surface area contributed by atoms with Gasteiger partial charge in [-0.1, -0.05) is 6.07 Å². The van der Waals surface area contributed by atoms with Crippen LogP contribution in [0.4, 0.5) is 0 Å². The molecule has 1 aromatic carbocycles. The van der Waals surface area contributed by atoms with E-state index in [9.17, 15) is 0 Å². The van der Waals surface area contributed by atoms with Gasteiger partial charge < -0.3 is 10.1 Å². The average molecular weight is 265 g/mol. The van der Waals surface area contributed by atoms with Crippen molar-refractivity contribution in [3.05, 3.63) is 29.3 Å². The summed E-state index contributed by atoms with van der Waals surface area (Å²) in [5.41, 5.74) is 2.89. The monoisotopic (exact) mass is 265 g/mol. The van der Waals surface area contributed by atoms with Gasteiger partial charge in [0, 0.05) is 17.3 Å². The van der Waals surface area contributed by atoms with Crippen LogP contribution in [0.2, 0.25) is 0 Å². The van der Waals surface area contributed by atoms with E-state index < -0.39 is 0 Å². The first-order chi connectivity index (χ1) is 8.55. The molecule has 1 N–H and O–H groups in total. The third-order valence-electron chi connectivity index (χ3n) is 3.76. The van der Waals surface area contributed by atoms with Gasteiger partial charge >= 0.3 is 0 Å². The minimum Gasteiger partial charge on any atom is -0.497 e. The molecule has 0 bridgehead atoms. The van der Waals surface area contributed by atoms with Gasteiger partial charge in [-0.3, -0.25) is 0 Å². The molecular formula is C15H23NOS. The number of rotatable bonds is 5. The van der Waals surface area contributed by atoms with Crippen LogP contribution in [0.3, 0.4) is 0 Å². The number of fused-ring (bicyclic) bond motifs is 1. The summed E-state index contributed by atoms with van der Waals surface area (Å²) in [4.78, 5) is 0. The summed E-state index contributed by atoms with van der Waals surface area (Å²) in [7, 11) is 1.73. The number of ether oxygens (including phenoxy) is 1. The summed E-state index contributed by atoms with van der Waals surface area (Å²) in [5, 5.41) is 3.70. The summed E-state index contributed by atoms with van der Waals surface area (Å²) >= 11 is 1.91. The van der Waals surface area contributed by atoms with E-state index in [4.69, 9.17) is 4.74 Å². The molecule has 0 aromatic heterocycles. The molecule has 2 nitrogen and oxygen atoms in total. The zero-order valence-corrected chi connectivity index (χ0v) is 12.6. The highest BCUT2D eigenvalue weighted by molar-refractivity contribution is 7.99. The molecule has 0 saturated carbocycles. The molecule has 1 atom stereocenters. The molecule has 0 aliphatic heterocycles. The largest absolute Gasteiger partial charge is 0.497 e. The molecule has 0 spiro atoms.